The van der Waals surface area contributed by atoms with Crippen molar-refractivity contribution in [2.24, 2.45) is 0 Å². The van der Waals surface area contributed by atoms with Gasteiger partial charge in [0.1, 0.15) is 17.0 Å². The van der Waals surface area contributed by atoms with Gasteiger partial charge in [0.2, 0.25) is 0 Å². The van der Waals surface area contributed by atoms with Crippen LogP contribution in [0.1, 0.15) is 11.5 Å². The first kappa shape index (κ1) is 15.0. The van der Waals surface area contributed by atoms with E-state index in [1.807, 2.05) is 0 Å². The highest BCUT2D eigenvalue weighted by Crippen LogP contribution is 2.43. The van der Waals surface area contributed by atoms with Gasteiger partial charge >= 0.3 is 0 Å². The van der Waals surface area contributed by atoms with E-state index in [2.05, 4.69) is 10.1 Å². The van der Waals surface area contributed by atoms with Crippen LogP contribution in [0.25, 0.3) is 32.9 Å². The largest absolute Gasteiger partial charge is 0.496 e. The normalized spacial score (nSPS) is 11.5. The quantitative estimate of drug-likeness (QED) is 0.532. The number of aryl methyl sites for hydroxylation is 2. The van der Waals surface area contributed by atoms with Crippen molar-refractivity contribution < 1.29 is 13.7 Å². The monoisotopic (exact) mass is 345 g/mol. The summed E-state index contributed by atoms with van der Waals surface area (Å²) in [6, 6.07) is 3.51. The minimum atomic E-state index is -0.482. The molecule has 0 aliphatic carbocycles. The maximum atomic E-state index is 15.5. The molecule has 0 aliphatic rings. The van der Waals surface area contributed by atoms with Crippen molar-refractivity contribution >= 4 is 33.6 Å². The van der Waals surface area contributed by atoms with Crippen LogP contribution in [0.15, 0.2) is 29.0 Å². The Labute approximate surface area is 141 Å². The lowest BCUT2D eigenvalue weighted by Crippen LogP contribution is -1.96. The maximum absolute atomic E-state index is 15.5. The summed E-state index contributed by atoms with van der Waals surface area (Å²) in [6.07, 6.45) is 3.27. The predicted octanol–water partition coefficient (Wildman–Crippen LogP) is 4.61. The highest BCUT2D eigenvalue weighted by Gasteiger charge is 2.25. The number of hydrogen-bond acceptors (Lipinski definition) is 4. The summed E-state index contributed by atoms with van der Waals surface area (Å²) >= 11 is 6.37. The maximum Gasteiger partial charge on any atom is 0.160 e. The van der Waals surface area contributed by atoms with Crippen LogP contribution in [0.5, 0.6) is 5.75 Å². The van der Waals surface area contributed by atoms with Gasteiger partial charge in [0.15, 0.2) is 5.82 Å². The molecule has 0 amide bonds. The molecule has 3 heterocycles. The lowest BCUT2D eigenvalue weighted by molar-refractivity contribution is 0.393. The number of hydrogen-bond donors (Lipinski definition) is 0. The van der Waals surface area contributed by atoms with Gasteiger partial charge in [-0.2, -0.15) is 0 Å². The number of halogens is 2. The van der Waals surface area contributed by atoms with Gasteiger partial charge in [0.25, 0.3) is 0 Å². The Morgan fingerprint density at radius 2 is 2.04 bits per heavy atom. The summed E-state index contributed by atoms with van der Waals surface area (Å²) in [6.45, 7) is 3.49. The van der Waals surface area contributed by atoms with E-state index in [1.165, 1.54) is 11.2 Å². The summed E-state index contributed by atoms with van der Waals surface area (Å²) in [4.78, 5) is 4.10. The highest BCUT2D eigenvalue weighted by atomic mass is 35.5. The molecule has 0 saturated carbocycles. The molecule has 5 nitrogen and oxygen atoms in total. The zero-order valence-electron chi connectivity index (χ0n) is 13.2. The molecule has 122 valence electrons. The van der Waals surface area contributed by atoms with Crippen molar-refractivity contribution in [3.8, 4) is 16.9 Å². The summed E-state index contributed by atoms with van der Waals surface area (Å²) in [5.74, 6) is 0.426. The number of rotatable bonds is 2. The van der Waals surface area contributed by atoms with Crippen LogP contribution in [-0.2, 0) is 0 Å². The van der Waals surface area contributed by atoms with Gasteiger partial charge in [-0.25, -0.2) is 8.48 Å². The van der Waals surface area contributed by atoms with Crippen LogP contribution in [0, 0.1) is 19.7 Å². The van der Waals surface area contributed by atoms with Crippen molar-refractivity contribution in [2.45, 2.75) is 13.8 Å². The Morgan fingerprint density at radius 1 is 1.25 bits per heavy atom. The number of fused-ring (bicyclic) bond motifs is 3. The summed E-state index contributed by atoms with van der Waals surface area (Å²) < 4.78 is 27.4. The average molecular weight is 346 g/mol. The van der Waals surface area contributed by atoms with Crippen LogP contribution < -0.4 is 4.74 Å². The van der Waals surface area contributed by atoms with Gasteiger partial charge in [-0.05, 0) is 26.0 Å². The first-order chi connectivity index (χ1) is 11.5. The van der Waals surface area contributed by atoms with Crippen molar-refractivity contribution in [3.63, 3.8) is 0 Å². The Kier molecular flexibility index (Phi) is 3.25. The Balaban J connectivity index is 2.22. The van der Waals surface area contributed by atoms with Gasteiger partial charge in [0, 0.05) is 34.9 Å². The fraction of sp³-hybridized carbons (Fsp3) is 0.176. The molecule has 0 spiro atoms. The van der Waals surface area contributed by atoms with Crippen molar-refractivity contribution in [1.29, 1.82) is 0 Å². The molecule has 0 fully saturated rings. The van der Waals surface area contributed by atoms with Gasteiger partial charge in [-0.3, -0.25) is 4.98 Å². The SMILES string of the molecule is COc1cc2c3cnccc3n(Cl)c2c(F)c1-c1c(C)noc1C. The van der Waals surface area contributed by atoms with Crippen molar-refractivity contribution in [1.82, 2.24) is 14.2 Å². The van der Waals surface area contributed by atoms with Crippen LogP contribution >= 0.6 is 11.8 Å². The van der Waals surface area contributed by atoms with E-state index in [1.54, 1.807) is 38.4 Å². The van der Waals surface area contributed by atoms with E-state index >= 15 is 4.39 Å². The smallest absolute Gasteiger partial charge is 0.160 e. The Morgan fingerprint density at radius 3 is 2.71 bits per heavy atom. The van der Waals surface area contributed by atoms with Crippen LogP contribution in [0.4, 0.5) is 4.39 Å². The zero-order valence-corrected chi connectivity index (χ0v) is 14.0. The molecular weight excluding hydrogens is 333 g/mol. The van der Waals surface area contributed by atoms with Crippen LogP contribution in [-0.4, -0.2) is 21.3 Å². The number of nitrogens with zero attached hydrogens (tertiary/aromatic N) is 3. The minimum absolute atomic E-state index is 0.274. The molecule has 0 unspecified atom stereocenters. The molecule has 3 aromatic heterocycles. The fourth-order valence-electron chi connectivity index (χ4n) is 3.13. The van der Waals surface area contributed by atoms with Gasteiger partial charge in [-0.15, -0.1) is 0 Å². The molecule has 0 radical (unpaired) electrons. The number of aromatic nitrogens is 3. The van der Waals surface area contributed by atoms with Crippen molar-refractivity contribution in [3.05, 3.63) is 41.8 Å². The molecule has 4 rings (SSSR count). The lowest BCUT2D eigenvalue weighted by atomic mass is 10.00. The zero-order chi connectivity index (χ0) is 17.0. The molecule has 0 atom stereocenters. The third-order valence-electron chi connectivity index (χ3n) is 4.20. The third-order valence-corrected chi connectivity index (χ3v) is 4.55. The highest BCUT2D eigenvalue weighted by molar-refractivity contribution is 6.27. The van der Waals surface area contributed by atoms with E-state index in [4.69, 9.17) is 21.0 Å². The Bertz CT molecular complexity index is 1080. The second-order valence-electron chi connectivity index (χ2n) is 5.54. The summed E-state index contributed by atoms with van der Waals surface area (Å²) in [7, 11) is 1.50. The van der Waals surface area contributed by atoms with E-state index in [0.29, 0.717) is 39.2 Å². The van der Waals surface area contributed by atoms with Crippen molar-refractivity contribution in [2.75, 3.05) is 7.11 Å². The molecule has 0 bridgehead atoms. The topological polar surface area (TPSA) is 53.1 Å². The lowest BCUT2D eigenvalue weighted by Gasteiger charge is -2.11. The standard InChI is InChI=1S/C17H13ClFN3O2/c1-8-14(9(2)24-21-8)15-13(23-3)6-10-11-7-20-5-4-12(11)22(18)17(10)16(15)19/h4-7H,1-3H3. The van der Waals surface area contributed by atoms with E-state index in [9.17, 15) is 0 Å². The van der Waals surface area contributed by atoms with Crippen LogP contribution in [0.3, 0.4) is 0 Å². The van der Waals surface area contributed by atoms with Gasteiger partial charge < -0.3 is 9.26 Å². The predicted molar refractivity (Wildman–Crippen MR) is 90.0 cm³/mol. The Hall–Kier alpha value is -2.60. The summed E-state index contributed by atoms with van der Waals surface area (Å²) in [5.41, 5.74) is 2.40. The third kappa shape index (κ3) is 1.86. The molecule has 4 aromatic rings. The second-order valence-corrected chi connectivity index (χ2v) is 5.87. The molecule has 24 heavy (non-hydrogen) atoms. The number of ether oxygens (including phenoxy) is 1. The molecule has 0 aliphatic heterocycles. The number of benzene rings is 1. The number of methoxy groups -OCH3 is 1. The summed E-state index contributed by atoms with van der Waals surface area (Å²) in [5, 5.41) is 5.30. The fourth-order valence-corrected chi connectivity index (χ4v) is 3.45. The molecule has 0 N–H and O–H groups in total. The first-order valence-corrected chi connectivity index (χ1v) is 7.62. The molecule has 7 heteroatoms. The first-order valence-electron chi connectivity index (χ1n) is 7.28. The molecule has 0 saturated heterocycles. The molecule has 1 aromatic carbocycles. The van der Waals surface area contributed by atoms with E-state index < -0.39 is 5.82 Å². The average Bonchev–Trinajstić information content (AvgIpc) is 3.06. The van der Waals surface area contributed by atoms with E-state index in [-0.39, 0.29) is 5.52 Å². The van der Waals surface area contributed by atoms with E-state index in [0.717, 1.165) is 5.39 Å². The van der Waals surface area contributed by atoms with Gasteiger partial charge in [-0.1, -0.05) is 5.16 Å². The molecular formula is C17H13ClFN3O2. The van der Waals surface area contributed by atoms with Crippen LogP contribution in [0.2, 0.25) is 0 Å². The minimum Gasteiger partial charge on any atom is -0.496 e. The van der Waals surface area contributed by atoms with Gasteiger partial charge in [0.05, 0.1) is 29.4 Å². The second kappa shape index (κ2) is 5.21. The number of pyridine rings is 1.